The van der Waals surface area contributed by atoms with Crippen molar-refractivity contribution in [2.24, 2.45) is 0 Å². The Morgan fingerprint density at radius 1 is 1.21 bits per heavy atom. The maximum Gasteiger partial charge on any atom is 0.329 e. The maximum atomic E-state index is 13.4. The summed E-state index contributed by atoms with van der Waals surface area (Å²) in [7, 11) is 0. The van der Waals surface area contributed by atoms with Gasteiger partial charge in [-0.15, -0.1) is 0 Å². The Hall–Kier alpha value is -2.11. The van der Waals surface area contributed by atoms with Crippen molar-refractivity contribution in [3.8, 4) is 0 Å². The highest BCUT2D eigenvalue weighted by atomic mass is 19.1. The molecule has 19 heavy (non-hydrogen) atoms. The largest absolute Gasteiger partial charge is 0.480 e. The van der Waals surface area contributed by atoms with E-state index in [1.54, 1.807) is 6.07 Å². The molecule has 2 rings (SSSR count). The number of carboxylic acid groups (broad SMARTS) is 1. The normalized spacial score (nSPS) is 16.9. The van der Waals surface area contributed by atoms with Crippen molar-refractivity contribution in [3.63, 3.8) is 0 Å². The molecular formula is C13H15FN2O3. The zero-order valence-corrected chi connectivity index (χ0v) is 10.3. The number of urea groups is 1. The Labute approximate surface area is 109 Å². The first-order valence-electron chi connectivity index (χ1n) is 6.11. The summed E-state index contributed by atoms with van der Waals surface area (Å²) >= 11 is 0. The van der Waals surface area contributed by atoms with Gasteiger partial charge in [-0.2, -0.15) is 0 Å². The predicted octanol–water partition coefficient (Wildman–Crippen LogP) is 2.34. The second-order valence-electron chi connectivity index (χ2n) is 4.65. The van der Waals surface area contributed by atoms with Crippen LogP contribution in [0.5, 0.6) is 0 Å². The average Bonchev–Trinajstić information content (AvgIpc) is 2.82. The van der Waals surface area contributed by atoms with Crippen LogP contribution in [0, 0.1) is 5.82 Å². The van der Waals surface area contributed by atoms with Crippen LogP contribution < -0.4 is 10.6 Å². The zero-order valence-electron chi connectivity index (χ0n) is 10.3. The number of anilines is 1. The maximum absolute atomic E-state index is 13.4. The van der Waals surface area contributed by atoms with Crippen LogP contribution in [0.15, 0.2) is 24.3 Å². The van der Waals surface area contributed by atoms with Crippen LogP contribution in [-0.2, 0) is 4.79 Å². The summed E-state index contributed by atoms with van der Waals surface area (Å²) in [6, 6.07) is 5.03. The number of benzene rings is 1. The number of para-hydroxylation sites is 1. The van der Waals surface area contributed by atoms with Gasteiger partial charge in [0.25, 0.3) is 0 Å². The fourth-order valence-electron chi connectivity index (χ4n) is 2.30. The highest BCUT2D eigenvalue weighted by Crippen LogP contribution is 2.30. The number of carbonyl (C=O) groups excluding carboxylic acids is 1. The van der Waals surface area contributed by atoms with E-state index in [4.69, 9.17) is 0 Å². The van der Waals surface area contributed by atoms with E-state index in [1.807, 2.05) is 0 Å². The third-order valence-corrected chi connectivity index (χ3v) is 3.34. The lowest BCUT2D eigenvalue weighted by Gasteiger charge is -2.25. The first-order chi connectivity index (χ1) is 9.03. The number of carboxylic acids is 1. The van der Waals surface area contributed by atoms with Gasteiger partial charge < -0.3 is 15.7 Å². The topological polar surface area (TPSA) is 78.4 Å². The van der Waals surface area contributed by atoms with Gasteiger partial charge in [0.15, 0.2) is 0 Å². The van der Waals surface area contributed by atoms with Crippen molar-refractivity contribution in [2.75, 3.05) is 5.32 Å². The second kappa shape index (κ2) is 5.26. The quantitative estimate of drug-likeness (QED) is 0.785. The van der Waals surface area contributed by atoms with Crippen LogP contribution in [0.2, 0.25) is 0 Å². The lowest BCUT2D eigenvalue weighted by molar-refractivity contribution is -0.144. The van der Waals surface area contributed by atoms with Crippen molar-refractivity contribution in [1.29, 1.82) is 0 Å². The average molecular weight is 266 g/mol. The first-order valence-corrected chi connectivity index (χ1v) is 6.11. The van der Waals surface area contributed by atoms with Crippen LogP contribution in [-0.4, -0.2) is 22.6 Å². The summed E-state index contributed by atoms with van der Waals surface area (Å²) in [4.78, 5) is 23.0. The van der Waals surface area contributed by atoms with Gasteiger partial charge in [0.1, 0.15) is 11.4 Å². The molecule has 5 nitrogen and oxygen atoms in total. The molecule has 1 aliphatic carbocycles. The summed E-state index contributed by atoms with van der Waals surface area (Å²) in [5, 5.41) is 14.0. The Kier molecular flexibility index (Phi) is 3.69. The number of carbonyl (C=O) groups is 2. The van der Waals surface area contributed by atoms with E-state index < -0.39 is 23.4 Å². The molecule has 0 bridgehead atoms. The fourth-order valence-corrected chi connectivity index (χ4v) is 2.30. The molecule has 3 N–H and O–H groups in total. The Bertz CT molecular complexity index is 498. The second-order valence-corrected chi connectivity index (χ2v) is 4.65. The minimum absolute atomic E-state index is 0.0264. The van der Waals surface area contributed by atoms with Crippen molar-refractivity contribution in [1.82, 2.24) is 5.32 Å². The SMILES string of the molecule is O=C(Nc1ccccc1F)NC1(C(=O)O)CCCC1. The number of hydrogen-bond acceptors (Lipinski definition) is 2. The summed E-state index contributed by atoms with van der Waals surface area (Å²) in [6.07, 6.45) is 2.30. The van der Waals surface area contributed by atoms with E-state index in [-0.39, 0.29) is 5.69 Å². The molecule has 0 aliphatic heterocycles. The van der Waals surface area contributed by atoms with Crippen molar-refractivity contribution in [2.45, 2.75) is 31.2 Å². The van der Waals surface area contributed by atoms with Crippen molar-refractivity contribution in [3.05, 3.63) is 30.1 Å². The van der Waals surface area contributed by atoms with E-state index in [9.17, 15) is 19.1 Å². The zero-order chi connectivity index (χ0) is 13.9. The molecule has 0 heterocycles. The summed E-state index contributed by atoms with van der Waals surface area (Å²) in [6.45, 7) is 0. The van der Waals surface area contributed by atoms with Gasteiger partial charge in [0, 0.05) is 0 Å². The fraction of sp³-hybridized carbons (Fsp3) is 0.385. The van der Waals surface area contributed by atoms with Gasteiger partial charge in [0.05, 0.1) is 5.69 Å². The van der Waals surface area contributed by atoms with Crippen LogP contribution in [0.3, 0.4) is 0 Å². The van der Waals surface area contributed by atoms with Gasteiger partial charge in [-0.25, -0.2) is 14.0 Å². The Balaban J connectivity index is 2.05. The minimum atomic E-state index is -1.23. The molecule has 2 amide bonds. The van der Waals surface area contributed by atoms with E-state index in [0.29, 0.717) is 12.8 Å². The third-order valence-electron chi connectivity index (χ3n) is 3.34. The molecule has 102 valence electrons. The van der Waals surface area contributed by atoms with Gasteiger partial charge in [-0.05, 0) is 25.0 Å². The molecule has 1 aromatic rings. The van der Waals surface area contributed by atoms with E-state index in [0.717, 1.165) is 12.8 Å². The molecule has 0 atom stereocenters. The number of hydrogen-bond donors (Lipinski definition) is 3. The number of halogens is 1. The molecule has 0 aromatic heterocycles. The van der Waals surface area contributed by atoms with E-state index >= 15 is 0 Å². The van der Waals surface area contributed by atoms with Gasteiger partial charge in [0.2, 0.25) is 0 Å². The first kappa shape index (κ1) is 13.3. The van der Waals surface area contributed by atoms with Gasteiger partial charge >= 0.3 is 12.0 Å². The van der Waals surface area contributed by atoms with E-state index in [2.05, 4.69) is 10.6 Å². The summed E-state index contributed by atoms with van der Waals surface area (Å²) < 4.78 is 13.4. The summed E-state index contributed by atoms with van der Waals surface area (Å²) in [5.41, 5.74) is -1.20. The lowest BCUT2D eigenvalue weighted by Crippen LogP contribution is -2.53. The number of rotatable bonds is 3. The molecule has 1 saturated carbocycles. The molecule has 1 aliphatic rings. The van der Waals surface area contributed by atoms with Crippen LogP contribution >= 0.6 is 0 Å². The smallest absolute Gasteiger partial charge is 0.329 e. The standard InChI is InChI=1S/C13H15FN2O3/c14-9-5-1-2-6-10(9)15-12(19)16-13(11(17)18)7-3-4-8-13/h1-2,5-6H,3-4,7-8H2,(H,17,18)(H2,15,16,19). The predicted molar refractivity (Wildman–Crippen MR) is 67.4 cm³/mol. The van der Waals surface area contributed by atoms with Crippen molar-refractivity contribution >= 4 is 17.7 Å². The Morgan fingerprint density at radius 2 is 1.84 bits per heavy atom. The van der Waals surface area contributed by atoms with Crippen LogP contribution in [0.4, 0.5) is 14.9 Å². The van der Waals surface area contributed by atoms with Crippen LogP contribution in [0.1, 0.15) is 25.7 Å². The molecule has 0 radical (unpaired) electrons. The monoisotopic (exact) mass is 266 g/mol. The highest BCUT2D eigenvalue weighted by Gasteiger charge is 2.42. The molecule has 1 aromatic carbocycles. The third kappa shape index (κ3) is 2.83. The highest BCUT2D eigenvalue weighted by molar-refractivity contribution is 5.94. The molecule has 1 fully saturated rings. The molecule has 0 unspecified atom stereocenters. The van der Waals surface area contributed by atoms with Gasteiger partial charge in [-0.1, -0.05) is 25.0 Å². The number of aliphatic carboxylic acids is 1. The summed E-state index contributed by atoms with van der Waals surface area (Å²) in [5.74, 6) is -1.61. The molecule has 0 spiro atoms. The van der Waals surface area contributed by atoms with Crippen LogP contribution in [0.25, 0.3) is 0 Å². The van der Waals surface area contributed by atoms with Gasteiger partial charge in [-0.3, -0.25) is 0 Å². The minimum Gasteiger partial charge on any atom is -0.480 e. The molecular weight excluding hydrogens is 251 g/mol. The van der Waals surface area contributed by atoms with Crippen molar-refractivity contribution < 1.29 is 19.1 Å². The number of amides is 2. The molecule has 6 heteroatoms. The Morgan fingerprint density at radius 3 is 2.42 bits per heavy atom. The number of nitrogens with one attached hydrogen (secondary N) is 2. The molecule has 0 saturated heterocycles. The van der Waals surface area contributed by atoms with E-state index in [1.165, 1.54) is 18.2 Å². The lowest BCUT2D eigenvalue weighted by atomic mass is 9.98.